The molecule has 104 valence electrons. The normalized spacial score (nSPS) is 11.4. The van der Waals surface area contributed by atoms with E-state index >= 15 is 0 Å². The van der Waals surface area contributed by atoms with Gasteiger partial charge in [0.25, 0.3) is 0 Å². The monoisotopic (exact) mass is 289 g/mol. The summed E-state index contributed by atoms with van der Waals surface area (Å²) >= 11 is 5.76. The van der Waals surface area contributed by atoms with Gasteiger partial charge in [-0.25, -0.2) is 4.39 Å². The number of rotatable bonds is 5. The number of nitrogens with zero attached hydrogens (tertiary/aromatic N) is 1. The number of carbonyl (C=O) groups is 2. The molecule has 0 fully saturated rings. The van der Waals surface area contributed by atoms with E-state index < -0.39 is 28.9 Å². The fourth-order valence-electron chi connectivity index (χ4n) is 1.89. The van der Waals surface area contributed by atoms with Crippen molar-refractivity contribution in [3.63, 3.8) is 0 Å². The lowest BCUT2D eigenvalue weighted by Gasteiger charge is -2.24. The van der Waals surface area contributed by atoms with Gasteiger partial charge in [-0.05, 0) is 12.8 Å². The molecule has 5 nitrogen and oxygen atoms in total. The quantitative estimate of drug-likeness (QED) is 0.812. The molecule has 1 rings (SSSR count). The average molecular weight is 290 g/mol. The summed E-state index contributed by atoms with van der Waals surface area (Å²) in [4.78, 5) is 26.2. The number of pyridine rings is 1. The van der Waals surface area contributed by atoms with E-state index in [2.05, 4.69) is 4.98 Å². The summed E-state index contributed by atoms with van der Waals surface area (Å²) in [5.41, 5.74) is -2.96. The van der Waals surface area contributed by atoms with Gasteiger partial charge >= 0.3 is 11.9 Å². The molecule has 0 aromatic carbocycles. The predicted octanol–water partition coefficient (Wildman–Crippen LogP) is 2.25. The Morgan fingerprint density at radius 1 is 1.37 bits per heavy atom. The lowest BCUT2D eigenvalue weighted by Crippen LogP contribution is -2.45. The molecule has 0 bridgehead atoms. The maximum atomic E-state index is 14.3. The molecule has 0 amide bonds. The van der Waals surface area contributed by atoms with Gasteiger partial charge in [0.1, 0.15) is 5.69 Å². The SMILES string of the molecule is CCc1c(Cl)cnc(C(CC)(C(=O)O)C(=O)O)c1F. The van der Waals surface area contributed by atoms with Crippen molar-refractivity contribution in [3.8, 4) is 0 Å². The van der Waals surface area contributed by atoms with Crippen LogP contribution in [0.4, 0.5) is 4.39 Å². The molecule has 0 atom stereocenters. The van der Waals surface area contributed by atoms with E-state index in [0.717, 1.165) is 6.20 Å². The van der Waals surface area contributed by atoms with Crippen molar-refractivity contribution in [1.29, 1.82) is 0 Å². The Balaban J connectivity index is 3.66. The van der Waals surface area contributed by atoms with Crippen LogP contribution in [0, 0.1) is 5.82 Å². The van der Waals surface area contributed by atoms with E-state index in [4.69, 9.17) is 11.6 Å². The van der Waals surface area contributed by atoms with Crippen molar-refractivity contribution in [1.82, 2.24) is 4.98 Å². The molecule has 1 aromatic rings. The topological polar surface area (TPSA) is 87.5 Å². The Morgan fingerprint density at radius 2 is 1.89 bits per heavy atom. The first-order valence-electron chi connectivity index (χ1n) is 5.63. The molecule has 0 saturated carbocycles. The van der Waals surface area contributed by atoms with Gasteiger partial charge in [0.05, 0.1) is 5.02 Å². The van der Waals surface area contributed by atoms with E-state index in [-0.39, 0.29) is 23.4 Å². The number of hydrogen-bond donors (Lipinski definition) is 2. The van der Waals surface area contributed by atoms with Crippen LogP contribution in [0.25, 0.3) is 0 Å². The second-order valence-electron chi connectivity index (χ2n) is 3.97. The molecule has 0 aliphatic rings. The first-order valence-corrected chi connectivity index (χ1v) is 6.00. The number of halogens is 2. The first-order chi connectivity index (χ1) is 8.82. The van der Waals surface area contributed by atoms with Gasteiger partial charge in [-0.2, -0.15) is 0 Å². The molecule has 0 aliphatic heterocycles. The Hall–Kier alpha value is -1.69. The van der Waals surface area contributed by atoms with E-state index in [9.17, 15) is 24.2 Å². The summed E-state index contributed by atoms with van der Waals surface area (Å²) < 4.78 is 14.3. The highest BCUT2D eigenvalue weighted by molar-refractivity contribution is 6.31. The molecule has 0 unspecified atom stereocenters. The first kappa shape index (κ1) is 15.4. The third-order valence-electron chi connectivity index (χ3n) is 3.09. The van der Waals surface area contributed by atoms with Crippen molar-refractivity contribution in [2.45, 2.75) is 32.1 Å². The van der Waals surface area contributed by atoms with Crippen molar-refractivity contribution in [3.05, 3.63) is 28.3 Å². The number of aliphatic carboxylic acids is 2. The van der Waals surface area contributed by atoms with Crippen molar-refractivity contribution >= 4 is 23.5 Å². The zero-order chi connectivity index (χ0) is 14.8. The minimum atomic E-state index is -2.40. The highest BCUT2D eigenvalue weighted by Crippen LogP contribution is 2.33. The Kier molecular flexibility index (Phi) is 4.47. The maximum absolute atomic E-state index is 14.3. The van der Waals surface area contributed by atoms with Gasteiger partial charge < -0.3 is 10.2 Å². The van der Waals surface area contributed by atoms with Crippen LogP contribution in [0.3, 0.4) is 0 Å². The van der Waals surface area contributed by atoms with E-state index in [0.29, 0.717) is 0 Å². The molecule has 19 heavy (non-hydrogen) atoms. The van der Waals surface area contributed by atoms with Crippen LogP contribution in [0.5, 0.6) is 0 Å². The summed E-state index contributed by atoms with van der Waals surface area (Å²) in [6.45, 7) is 2.98. The van der Waals surface area contributed by atoms with Gasteiger partial charge in [0.2, 0.25) is 5.41 Å². The van der Waals surface area contributed by atoms with Crippen LogP contribution in [-0.4, -0.2) is 27.1 Å². The number of hydrogen-bond acceptors (Lipinski definition) is 3. The van der Waals surface area contributed by atoms with Crippen LogP contribution in [-0.2, 0) is 21.4 Å². The standard InChI is InChI=1S/C12H13ClFNO4/c1-3-6-7(13)5-15-9(8(6)14)12(4-2,10(16)17)11(18)19/h5H,3-4H2,1-2H3,(H,16,17)(H,18,19). The molecular formula is C12H13ClFNO4. The smallest absolute Gasteiger partial charge is 0.327 e. The second-order valence-corrected chi connectivity index (χ2v) is 4.38. The fourth-order valence-corrected chi connectivity index (χ4v) is 2.15. The third kappa shape index (κ3) is 2.28. The van der Waals surface area contributed by atoms with Crippen LogP contribution < -0.4 is 0 Å². The molecule has 7 heteroatoms. The number of carboxylic acids is 2. The van der Waals surface area contributed by atoms with E-state index in [1.807, 2.05) is 0 Å². The van der Waals surface area contributed by atoms with Gasteiger partial charge in [-0.1, -0.05) is 25.4 Å². The molecule has 1 heterocycles. The number of aromatic nitrogens is 1. The zero-order valence-electron chi connectivity index (χ0n) is 10.4. The van der Waals surface area contributed by atoms with Gasteiger partial charge in [0.15, 0.2) is 5.82 Å². The summed E-state index contributed by atoms with van der Waals surface area (Å²) in [5, 5.41) is 18.4. The molecular weight excluding hydrogens is 277 g/mol. The van der Waals surface area contributed by atoms with Crippen LogP contribution in [0.1, 0.15) is 31.5 Å². The fraction of sp³-hybridized carbons (Fsp3) is 0.417. The van der Waals surface area contributed by atoms with Gasteiger partial charge in [0, 0.05) is 11.8 Å². The van der Waals surface area contributed by atoms with Crippen molar-refractivity contribution in [2.75, 3.05) is 0 Å². The summed E-state index contributed by atoms with van der Waals surface area (Å²) in [5.74, 6) is -4.28. The maximum Gasteiger partial charge on any atom is 0.327 e. The lowest BCUT2D eigenvalue weighted by molar-refractivity contribution is -0.158. The van der Waals surface area contributed by atoms with Crippen LogP contribution >= 0.6 is 11.6 Å². The average Bonchev–Trinajstić information content (AvgIpc) is 2.33. The minimum absolute atomic E-state index is 0.0459. The van der Waals surface area contributed by atoms with E-state index in [1.54, 1.807) is 6.92 Å². The second kappa shape index (κ2) is 5.52. The van der Waals surface area contributed by atoms with Crippen molar-refractivity contribution < 1.29 is 24.2 Å². The summed E-state index contributed by atoms with van der Waals surface area (Å²) in [7, 11) is 0. The Bertz CT molecular complexity index is 519. The molecule has 0 spiro atoms. The zero-order valence-corrected chi connectivity index (χ0v) is 11.2. The van der Waals surface area contributed by atoms with E-state index in [1.165, 1.54) is 6.92 Å². The van der Waals surface area contributed by atoms with Crippen molar-refractivity contribution in [2.24, 2.45) is 0 Å². The summed E-state index contributed by atoms with van der Waals surface area (Å²) in [6, 6.07) is 0. The Labute approximate surface area is 114 Å². The minimum Gasteiger partial charge on any atom is -0.480 e. The highest BCUT2D eigenvalue weighted by atomic mass is 35.5. The summed E-state index contributed by atoms with van der Waals surface area (Å²) in [6.07, 6.45) is 0.959. The van der Waals surface area contributed by atoms with Crippen LogP contribution in [0.15, 0.2) is 6.20 Å². The Morgan fingerprint density at radius 3 is 2.26 bits per heavy atom. The largest absolute Gasteiger partial charge is 0.480 e. The molecule has 0 aliphatic carbocycles. The number of carboxylic acid groups (broad SMARTS) is 2. The molecule has 1 aromatic heterocycles. The lowest BCUT2D eigenvalue weighted by atomic mass is 9.80. The molecule has 0 saturated heterocycles. The molecule has 2 N–H and O–H groups in total. The van der Waals surface area contributed by atoms with Gasteiger partial charge in [-0.15, -0.1) is 0 Å². The third-order valence-corrected chi connectivity index (χ3v) is 3.41. The predicted molar refractivity (Wildman–Crippen MR) is 65.8 cm³/mol. The van der Waals surface area contributed by atoms with Gasteiger partial charge in [-0.3, -0.25) is 14.6 Å². The van der Waals surface area contributed by atoms with Crippen LogP contribution in [0.2, 0.25) is 5.02 Å². The highest BCUT2D eigenvalue weighted by Gasteiger charge is 2.50. The molecule has 0 radical (unpaired) electrons.